The Balaban J connectivity index is 2.58. The zero-order chi connectivity index (χ0) is 15.2. The average molecular weight is 285 g/mol. The van der Waals surface area contributed by atoms with Gasteiger partial charge in [0.05, 0.1) is 6.61 Å². The second kappa shape index (κ2) is 7.96. The molecule has 2 atom stereocenters. The smallest absolute Gasteiger partial charge is 0.327 e. The van der Waals surface area contributed by atoms with Gasteiger partial charge in [-0.3, -0.25) is 14.6 Å². The third kappa shape index (κ3) is 4.17. The van der Waals surface area contributed by atoms with Gasteiger partial charge in [-0.25, -0.2) is 0 Å². The molecule has 0 saturated carbocycles. The molecule has 2 unspecified atom stereocenters. The molecule has 0 amide bonds. The van der Waals surface area contributed by atoms with Gasteiger partial charge in [0.25, 0.3) is 0 Å². The molecule has 1 rings (SSSR count). The lowest BCUT2D eigenvalue weighted by atomic mass is 10.0. The molecule has 1 aliphatic heterocycles. The molecule has 118 valence electrons. The van der Waals surface area contributed by atoms with Crippen molar-refractivity contribution in [3.8, 4) is 0 Å². The van der Waals surface area contributed by atoms with Gasteiger partial charge in [-0.1, -0.05) is 13.8 Å². The summed E-state index contributed by atoms with van der Waals surface area (Å²) in [5.41, 5.74) is -0.617. The van der Waals surface area contributed by atoms with Crippen molar-refractivity contribution in [1.29, 1.82) is 0 Å². The lowest BCUT2D eigenvalue weighted by Gasteiger charge is -2.32. The summed E-state index contributed by atoms with van der Waals surface area (Å²) < 4.78 is 5.19. The highest BCUT2D eigenvalue weighted by atomic mass is 16.5. The van der Waals surface area contributed by atoms with Crippen molar-refractivity contribution in [1.82, 2.24) is 15.1 Å². The van der Waals surface area contributed by atoms with E-state index in [-0.39, 0.29) is 5.97 Å². The second-order valence-electron chi connectivity index (χ2n) is 5.70. The maximum Gasteiger partial charge on any atom is 0.327 e. The van der Waals surface area contributed by atoms with Crippen molar-refractivity contribution in [2.24, 2.45) is 0 Å². The number of ether oxygens (including phenoxy) is 1. The molecule has 5 heteroatoms. The van der Waals surface area contributed by atoms with Gasteiger partial charge in [0, 0.05) is 19.1 Å². The van der Waals surface area contributed by atoms with E-state index in [1.165, 1.54) is 6.42 Å². The second-order valence-corrected chi connectivity index (χ2v) is 5.70. The molecule has 1 fully saturated rings. The van der Waals surface area contributed by atoms with E-state index in [1.807, 2.05) is 20.9 Å². The Kier molecular flexibility index (Phi) is 6.92. The minimum Gasteiger partial charge on any atom is -0.465 e. The molecule has 0 aliphatic carbocycles. The van der Waals surface area contributed by atoms with Crippen molar-refractivity contribution < 1.29 is 9.53 Å². The van der Waals surface area contributed by atoms with Crippen molar-refractivity contribution in [2.75, 3.05) is 46.4 Å². The van der Waals surface area contributed by atoms with Gasteiger partial charge in [-0.2, -0.15) is 0 Å². The minimum absolute atomic E-state index is 0.159. The van der Waals surface area contributed by atoms with E-state index in [0.717, 1.165) is 26.2 Å². The zero-order valence-corrected chi connectivity index (χ0v) is 13.7. The predicted octanol–water partition coefficient (Wildman–Crippen LogP) is 0.944. The molecule has 0 aromatic heterocycles. The highest BCUT2D eigenvalue weighted by Gasteiger charge is 2.37. The molecule has 1 saturated heterocycles. The Morgan fingerprint density at radius 1 is 1.40 bits per heavy atom. The van der Waals surface area contributed by atoms with Crippen LogP contribution in [0.25, 0.3) is 0 Å². The molecule has 1 N–H and O–H groups in total. The maximum absolute atomic E-state index is 12.1. The SMILES string of the molecule is CCOC(=O)C(C)(CN1CCC(N(CC)CC)C1)NC. The lowest BCUT2D eigenvalue weighted by molar-refractivity contribution is -0.151. The number of carbonyl (C=O) groups is 1. The van der Waals surface area contributed by atoms with E-state index in [9.17, 15) is 4.79 Å². The Bertz CT molecular complexity index is 307. The summed E-state index contributed by atoms with van der Waals surface area (Å²) in [7, 11) is 1.83. The van der Waals surface area contributed by atoms with Gasteiger partial charge in [0.1, 0.15) is 5.54 Å². The molecule has 0 aromatic carbocycles. The molecule has 0 spiro atoms. The van der Waals surface area contributed by atoms with Crippen molar-refractivity contribution in [3.63, 3.8) is 0 Å². The van der Waals surface area contributed by atoms with Crippen LogP contribution in [0.2, 0.25) is 0 Å². The standard InChI is InChI=1S/C15H31N3O2/c1-6-18(7-2)13-9-10-17(11-13)12-15(4,16-5)14(19)20-8-3/h13,16H,6-12H2,1-5H3. The van der Waals surface area contributed by atoms with Crippen LogP contribution in [0.5, 0.6) is 0 Å². The van der Waals surface area contributed by atoms with Crippen molar-refractivity contribution in [3.05, 3.63) is 0 Å². The number of rotatable bonds is 8. The van der Waals surface area contributed by atoms with Crippen LogP contribution in [0.1, 0.15) is 34.1 Å². The summed E-state index contributed by atoms with van der Waals surface area (Å²) in [6.07, 6.45) is 1.18. The van der Waals surface area contributed by atoms with Crippen LogP contribution in [0, 0.1) is 0 Å². The Labute approximate surface area is 123 Å². The van der Waals surface area contributed by atoms with E-state index >= 15 is 0 Å². The van der Waals surface area contributed by atoms with E-state index in [2.05, 4.69) is 29.0 Å². The van der Waals surface area contributed by atoms with E-state index < -0.39 is 5.54 Å². The van der Waals surface area contributed by atoms with Crippen LogP contribution < -0.4 is 5.32 Å². The maximum atomic E-state index is 12.1. The number of nitrogens with zero attached hydrogens (tertiary/aromatic N) is 2. The molecule has 5 nitrogen and oxygen atoms in total. The van der Waals surface area contributed by atoms with E-state index in [4.69, 9.17) is 4.74 Å². The topological polar surface area (TPSA) is 44.8 Å². The summed E-state index contributed by atoms with van der Waals surface area (Å²) in [6, 6.07) is 0.619. The number of carbonyl (C=O) groups excluding carboxylic acids is 1. The summed E-state index contributed by atoms with van der Waals surface area (Å²) in [4.78, 5) is 17.0. The van der Waals surface area contributed by atoms with Crippen LogP contribution in [-0.4, -0.2) is 73.7 Å². The first-order valence-electron chi connectivity index (χ1n) is 7.83. The quantitative estimate of drug-likeness (QED) is 0.673. The van der Waals surface area contributed by atoms with Crippen molar-refractivity contribution in [2.45, 2.75) is 45.7 Å². The van der Waals surface area contributed by atoms with E-state index in [1.54, 1.807) is 0 Å². The summed E-state index contributed by atoms with van der Waals surface area (Å²) in [5.74, 6) is -0.159. The first kappa shape index (κ1) is 17.4. The molecular formula is C15H31N3O2. The number of likely N-dealkylation sites (N-methyl/N-ethyl adjacent to an activating group) is 2. The largest absolute Gasteiger partial charge is 0.465 e. The van der Waals surface area contributed by atoms with Gasteiger partial charge < -0.3 is 10.1 Å². The number of likely N-dealkylation sites (tertiary alicyclic amines) is 1. The average Bonchev–Trinajstić information content (AvgIpc) is 2.88. The van der Waals surface area contributed by atoms with Crippen LogP contribution in [0.15, 0.2) is 0 Å². The molecule has 0 bridgehead atoms. The fourth-order valence-electron chi connectivity index (χ4n) is 2.98. The molecule has 0 radical (unpaired) electrons. The normalized spacial score (nSPS) is 23.0. The first-order chi connectivity index (χ1) is 9.50. The molecule has 1 heterocycles. The fourth-order valence-corrected chi connectivity index (χ4v) is 2.98. The lowest BCUT2D eigenvalue weighted by Crippen LogP contribution is -2.56. The highest BCUT2D eigenvalue weighted by Crippen LogP contribution is 2.18. The van der Waals surface area contributed by atoms with E-state index in [0.29, 0.717) is 19.2 Å². The van der Waals surface area contributed by atoms with Crippen LogP contribution >= 0.6 is 0 Å². The first-order valence-corrected chi connectivity index (χ1v) is 7.83. The van der Waals surface area contributed by atoms with Gasteiger partial charge in [-0.05, 0) is 47.0 Å². The third-order valence-electron chi connectivity index (χ3n) is 4.39. The summed E-state index contributed by atoms with van der Waals surface area (Å²) >= 11 is 0. The van der Waals surface area contributed by atoms with Gasteiger partial charge in [-0.15, -0.1) is 0 Å². The summed E-state index contributed by atoms with van der Waals surface area (Å²) in [5, 5.41) is 3.13. The Morgan fingerprint density at radius 3 is 2.55 bits per heavy atom. The van der Waals surface area contributed by atoms with Gasteiger partial charge in [0.15, 0.2) is 0 Å². The Hall–Kier alpha value is -0.650. The van der Waals surface area contributed by atoms with Gasteiger partial charge >= 0.3 is 5.97 Å². The number of hydrogen-bond donors (Lipinski definition) is 1. The zero-order valence-electron chi connectivity index (χ0n) is 13.7. The number of nitrogens with one attached hydrogen (secondary N) is 1. The van der Waals surface area contributed by atoms with Gasteiger partial charge in [0.2, 0.25) is 0 Å². The molecular weight excluding hydrogens is 254 g/mol. The fraction of sp³-hybridized carbons (Fsp3) is 0.933. The number of esters is 1. The number of hydrogen-bond acceptors (Lipinski definition) is 5. The van der Waals surface area contributed by atoms with Crippen molar-refractivity contribution >= 4 is 5.97 Å². The van der Waals surface area contributed by atoms with Crippen LogP contribution in [0.4, 0.5) is 0 Å². The Morgan fingerprint density at radius 2 is 2.05 bits per heavy atom. The predicted molar refractivity (Wildman–Crippen MR) is 81.9 cm³/mol. The molecule has 1 aliphatic rings. The van der Waals surface area contributed by atoms with Crippen LogP contribution in [-0.2, 0) is 9.53 Å². The minimum atomic E-state index is -0.617. The monoisotopic (exact) mass is 285 g/mol. The molecule has 20 heavy (non-hydrogen) atoms. The summed E-state index contributed by atoms with van der Waals surface area (Å²) in [6.45, 7) is 13.6. The highest BCUT2D eigenvalue weighted by molar-refractivity contribution is 5.80. The molecule has 0 aromatic rings. The van der Waals surface area contributed by atoms with Crippen LogP contribution in [0.3, 0.4) is 0 Å². The third-order valence-corrected chi connectivity index (χ3v) is 4.39.